The zero-order chi connectivity index (χ0) is 13.8. The Balaban J connectivity index is 2.57. The molecular formula is C16H26O2. The first kappa shape index (κ1) is 15.2. The highest BCUT2D eigenvalue weighted by Gasteiger charge is 2.23. The van der Waals surface area contributed by atoms with E-state index < -0.39 is 0 Å². The minimum Gasteiger partial charge on any atom is -0.379 e. The summed E-state index contributed by atoms with van der Waals surface area (Å²) in [6.07, 6.45) is 0.888. The number of methoxy groups -OCH3 is 1. The summed E-state index contributed by atoms with van der Waals surface area (Å²) in [5, 5.41) is 0. The van der Waals surface area contributed by atoms with Crippen LogP contribution in [0.25, 0.3) is 0 Å². The van der Waals surface area contributed by atoms with Crippen LogP contribution < -0.4 is 0 Å². The van der Waals surface area contributed by atoms with Crippen molar-refractivity contribution in [2.45, 2.75) is 52.2 Å². The number of rotatable bonds is 6. The molecule has 1 rings (SSSR count). The van der Waals surface area contributed by atoms with Crippen LogP contribution in [0.2, 0.25) is 0 Å². The van der Waals surface area contributed by atoms with E-state index in [4.69, 9.17) is 9.47 Å². The summed E-state index contributed by atoms with van der Waals surface area (Å²) < 4.78 is 11.4. The highest BCUT2D eigenvalue weighted by atomic mass is 16.5. The molecule has 0 heterocycles. The molecule has 2 nitrogen and oxygen atoms in total. The first-order valence-electron chi connectivity index (χ1n) is 6.53. The second-order valence-corrected chi connectivity index (χ2v) is 5.94. The lowest BCUT2D eigenvalue weighted by atomic mass is 9.97. The normalized spacial score (nSPS) is 12.8. The Morgan fingerprint density at radius 3 is 2.06 bits per heavy atom. The number of hydrogen-bond donors (Lipinski definition) is 0. The highest BCUT2D eigenvalue weighted by molar-refractivity contribution is 5.25. The Kier molecular flexibility index (Phi) is 4.94. The summed E-state index contributed by atoms with van der Waals surface area (Å²) in [6, 6.07) is 8.52. The maximum atomic E-state index is 6.01. The van der Waals surface area contributed by atoms with Gasteiger partial charge in [0.25, 0.3) is 0 Å². The summed E-state index contributed by atoms with van der Waals surface area (Å²) in [7, 11) is 1.74. The van der Waals surface area contributed by atoms with E-state index in [0.29, 0.717) is 6.61 Å². The third-order valence-electron chi connectivity index (χ3n) is 3.47. The van der Waals surface area contributed by atoms with Crippen molar-refractivity contribution >= 4 is 0 Å². The molecule has 2 heteroatoms. The third kappa shape index (κ3) is 4.43. The molecule has 102 valence electrons. The van der Waals surface area contributed by atoms with E-state index in [0.717, 1.165) is 6.42 Å². The predicted octanol–water partition coefficient (Wildman–Crippen LogP) is 4.06. The zero-order valence-electron chi connectivity index (χ0n) is 12.5. The van der Waals surface area contributed by atoms with E-state index in [1.807, 2.05) is 0 Å². The number of benzene rings is 1. The van der Waals surface area contributed by atoms with Crippen molar-refractivity contribution in [1.82, 2.24) is 0 Å². The van der Waals surface area contributed by atoms with Crippen molar-refractivity contribution in [3.63, 3.8) is 0 Å². The summed E-state index contributed by atoms with van der Waals surface area (Å²) in [5.74, 6) is 0. The third-order valence-corrected chi connectivity index (χ3v) is 3.47. The Morgan fingerprint density at radius 1 is 1.00 bits per heavy atom. The molecule has 0 aliphatic carbocycles. The van der Waals surface area contributed by atoms with Gasteiger partial charge < -0.3 is 9.47 Å². The molecule has 18 heavy (non-hydrogen) atoms. The van der Waals surface area contributed by atoms with Crippen LogP contribution in [0.15, 0.2) is 24.3 Å². The molecule has 0 bridgehead atoms. The van der Waals surface area contributed by atoms with Gasteiger partial charge in [0.2, 0.25) is 0 Å². The fraction of sp³-hybridized carbons (Fsp3) is 0.625. The molecule has 0 aliphatic rings. The Labute approximate surface area is 111 Å². The van der Waals surface area contributed by atoms with Crippen LogP contribution in [-0.4, -0.2) is 19.3 Å². The van der Waals surface area contributed by atoms with Crippen molar-refractivity contribution in [3.8, 4) is 0 Å². The monoisotopic (exact) mass is 250 g/mol. The lowest BCUT2D eigenvalue weighted by molar-refractivity contribution is -0.0609. The van der Waals surface area contributed by atoms with Crippen molar-refractivity contribution in [1.29, 1.82) is 0 Å². The molecule has 1 aromatic rings. The minimum absolute atomic E-state index is 0.122. The molecule has 0 N–H and O–H groups in total. The van der Waals surface area contributed by atoms with E-state index in [-0.39, 0.29) is 11.2 Å². The molecule has 0 amide bonds. The average molecular weight is 250 g/mol. The molecule has 0 unspecified atom stereocenters. The van der Waals surface area contributed by atoms with Gasteiger partial charge in [-0.3, -0.25) is 0 Å². The van der Waals surface area contributed by atoms with Crippen molar-refractivity contribution in [2.75, 3.05) is 13.7 Å². The summed E-state index contributed by atoms with van der Waals surface area (Å²) in [4.78, 5) is 0. The smallest absolute Gasteiger partial charge is 0.0875 e. The van der Waals surface area contributed by atoms with Crippen LogP contribution in [0.5, 0.6) is 0 Å². The largest absolute Gasteiger partial charge is 0.379 e. The van der Waals surface area contributed by atoms with Gasteiger partial charge in [-0.15, -0.1) is 0 Å². The predicted molar refractivity (Wildman–Crippen MR) is 75.9 cm³/mol. The van der Waals surface area contributed by atoms with Gasteiger partial charge in [0.15, 0.2) is 0 Å². The molecule has 0 aliphatic heterocycles. The van der Waals surface area contributed by atoms with E-state index in [2.05, 4.69) is 58.9 Å². The molecule has 0 fully saturated rings. The molecule has 0 aromatic heterocycles. The van der Waals surface area contributed by atoms with E-state index in [1.54, 1.807) is 7.11 Å². The topological polar surface area (TPSA) is 18.5 Å². The van der Waals surface area contributed by atoms with Crippen LogP contribution in [0.1, 0.15) is 45.2 Å². The standard InChI is InChI=1S/C16H26O2/c1-13-7-9-14(10-8-13)16(4,5)18-12-11-15(2,3)17-6/h7-10H,11-12H2,1-6H3. The number of aryl methyl sites for hydroxylation is 1. The van der Waals surface area contributed by atoms with Crippen molar-refractivity contribution in [2.24, 2.45) is 0 Å². The van der Waals surface area contributed by atoms with Crippen LogP contribution >= 0.6 is 0 Å². The van der Waals surface area contributed by atoms with Gasteiger partial charge in [0.05, 0.1) is 17.8 Å². The quantitative estimate of drug-likeness (QED) is 0.758. The zero-order valence-corrected chi connectivity index (χ0v) is 12.5. The Hall–Kier alpha value is -0.860. The maximum Gasteiger partial charge on any atom is 0.0875 e. The van der Waals surface area contributed by atoms with Gasteiger partial charge in [-0.05, 0) is 46.6 Å². The van der Waals surface area contributed by atoms with Crippen LogP contribution in [0, 0.1) is 6.92 Å². The average Bonchev–Trinajstić information content (AvgIpc) is 2.29. The summed E-state index contributed by atoms with van der Waals surface area (Å²) in [6.45, 7) is 11.2. The fourth-order valence-corrected chi connectivity index (χ4v) is 1.69. The first-order chi connectivity index (χ1) is 8.27. The molecule has 1 aromatic carbocycles. The van der Waals surface area contributed by atoms with Gasteiger partial charge in [-0.2, -0.15) is 0 Å². The minimum atomic E-state index is -0.252. The lowest BCUT2D eigenvalue weighted by Gasteiger charge is -2.29. The second-order valence-electron chi connectivity index (χ2n) is 5.94. The molecule has 0 atom stereocenters. The maximum absolute atomic E-state index is 6.01. The van der Waals surface area contributed by atoms with Gasteiger partial charge >= 0.3 is 0 Å². The van der Waals surface area contributed by atoms with Crippen molar-refractivity contribution in [3.05, 3.63) is 35.4 Å². The van der Waals surface area contributed by atoms with E-state index in [1.165, 1.54) is 11.1 Å². The fourth-order valence-electron chi connectivity index (χ4n) is 1.69. The van der Waals surface area contributed by atoms with E-state index >= 15 is 0 Å². The second kappa shape index (κ2) is 5.85. The number of hydrogen-bond acceptors (Lipinski definition) is 2. The Morgan fingerprint density at radius 2 is 1.56 bits per heavy atom. The van der Waals surface area contributed by atoms with Gasteiger partial charge in [0, 0.05) is 7.11 Å². The van der Waals surface area contributed by atoms with Gasteiger partial charge in [-0.25, -0.2) is 0 Å². The summed E-state index contributed by atoms with van der Waals surface area (Å²) in [5.41, 5.74) is 2.11. The molecule has 0 saturated carbocycles. The molecule has 0 saturated heterocycles. The van der Waals surface area contributed by atoms with Crippen LogP contribution in [0.4, 0.5) is 0 Å². The van der Waals surface area contributed by atoms with Gasteiger partial charge in [-0.1, -0.05) is 29.8 Å². The molecule has 0 radical (unpaired) electrons. The van der Waals surface area contributed by atoms with Crippen LogP contribution in [0.3, 0.4) is 0 Å². The lowest BCUT2D eigenvalue weighted by Crippen LogP contribution is -2.28. The van der Waals surface area contributed by atoms with E-state index in [9.17, 15) is 0 Å². The van der Waals surface area contributed by atoms with Crippen molar-refractivity contribution < 1.29 is 9.47 Å². The highest BCUT2D eigenvalue weighted by Crippen LogP contribution is 2.26. The molecular weight excluding hydrogens is 224 g/mol. The first-order valence-corrected chi connectivity index (χ1v) is 6.53. The summed E-state index contributed by atoms with van der Waals surface area (Å²) >= 11 is 0. The molecule has 0 spiro atoms. The van der Waals surface area contributed by atoms with Gasteiger partial charge in [0.1, 0.15) is 0 Å². The Bertz CT molecular complexity index is 363. The SMILES string of the molecule is COC(C)(C)CCOC(C)(C)c1ccc(C)cc1. The number of ether oxygens (including phenoxy) is 2. The van der Waals surface area contributed by atoms with Crippen LogP contribution in [-0.2, 0) is 15.1 Å².